The highest BCUT2D eigenvalue weighted by molar-refractivity contribution is 5.79. The van der Waals surface area contributed by atoms with E-state index in [2.05, 4.69) is 21.3 Å². The number of benzene rings is 1. The molecule has 0 fully saturated rings. The van der Waals surface area contributed by atoms with Gasteiger partial charge >= 0.3 is 0 Å². The number of aliphatic imine (C=N–C) groups is 1. The lowest BCUT2D eigenvalue weighted by atomic mass is 10.2. The lowest BCUT2D eigenvalue weighted by molar-refractivity contribution is 0.207. The number of nitrogens with zero attached hydrogens (tertiary/aromatic N) is 2. The zero-order valence-electron chi connectivity index (χ0n) is 15.2. The van der Waals surface area contributed by atoms with Crippen LogP contribution in [-0.4, -0.2) is 51.8 Å². The SMILES string of the molecule is COCCN=C(NCCc1ccco1)N(C)Cc1ccccc1OC. The Hall–Kier alpha value is -2.47. The number of ether oxygens (including phenoxy) is 2. The van der Waals surface area contributed by atoms with E-state index in [-0.39, 0.29) is 0 Å². The van der Waals surface area contributed by atoms with Crippen molar-refractivity contribution in [3.8, 4) is 5.75 Å². The first-order valence-corrected chi connectivity index (χ1v) is 8.37. The minimum Gasteiger partial charge on any atom is -0.496 e. The second-order valence-corrected chi connectivity index (χ2v) is 5.62. The smallest absolute Gasteiger partial charge is 0.194 e. The van der Waals surface area contributed by atoms with Crippen LogP contribution in [-0.2, 0) is 17.7 Å². The molecule has 0 radical (unpaired) electrons. The van der Waals surface area contributed by atoms with Gasteiger partial charge in [-0.25, -0.2) is 0 Å². The molecule has 0 saturated heterocycles. The van der Waals surface area contributed by atoms with Gasteiger partial charge in [0.25, 0.3) is 0 Å². The average molecular weight is 345 g/mol. The summed E-state index contributed by atoms with van der Waals surface area (Å²) in [5, 5.41) is 3.39. The summed E-state index contributed by atoms with van der Waals surface area (Å²) in [5.74, 6) is 2.66. The van der Waals surface area contributed by atoms with Crippen LogP contribution in [0, 0.1) is 0 Å². The molecule has 2 rings (SSSR count). The van der Waals surface area contributed by atoms with E-state index in [4.69, 9.17) is 13.9 Å². The zero-order chi connectivity index (χ0) is 17.9. The van der Waals surface area contributed by atoms with Gasteiger partial charge in [-0.15, -0.1) is 0 Å². The van der Waals surface area contributed by atoms with Gasteiger partial charge in [-0.3, -0.25) is 4.99 Å². The molecule has 6 heteroatoms. The lowest BCUT2D eigenvalue weighted by Crippen LogP contribution is -2.39. The Labute approximate surface area is 149 Å². The third kappa shape index (κ3) is 6.15. The molecule has 1 N–H and O–H groups in total. The molecule has 0 bridgehead atoms. The molecule has 1 aromatic carbocycles. The van der Waals surface area contributed by atoms with Gasteiger partial charge in [0.2, 0.25) is 0 Å². The summed E-state index contributed by atoms with van der Waals surface area (Å²) in [6, 6.07) is 11.9. The van der Waals surface area contributed by atoms with Crippen molar-refractivity contribution in [2.75, 3.05) is 41.0 Å². The summed E-state index contributed by atoms with van der Waals surface area (Å²) >= 11 is 0. The number of para-hydroxylation sites is 1. The van der Waals surface area contributed by atoms with Gasteiger partial charge in [0.05, 0.1) is 26.5 Å². The van der Waals surface area contributed by atoms with E-state index in [1.54, 1.807) is 20.5 Å². The number of hydrogen-bond acceptors (Lipinski definition) is 4. The summed E-state index contributed by atoms with van der Waals surface area (Å²) in [6.07, 6.45) is 2.50. The number of guanidine groups is 1. The predicted molar refractivity (Wildman–Crippen MR) is 99.1 cm³/mol. The maximum atomic E-state index is 5.44. The maximum absolute atomic E-state index is 5.44. The molecule has 0 spiro atoms. The van der Waals surface area contributed by atoms with Crippen LogP contribution in [0.4, 0.5) is 0 Å². The van der Waals surface area contributed by atoms with E-state index in [0.717, 1.165) is 36.0 Å². The molecule has 1 aromatic heterocycles. The fourth-order valence-electron chi connectivity index (χ4n) is 2.47. The lowest BCUT2D eigenvalue weighted by Gasteiger charge is -2.23. The maximum Gasteiger partial charge on any atom is 0.194 e. The van der Waals surface area contributed by atoms with Crippen molar-refractivity contribution >= 4 is 5.96 Å². The van der Waals surface area contributed by atoms with E-state index in [9.17, 15) is 0 Å². The fourth-order valence-corrected chi connectivity index (χ4v) is 2.47. The van der Waals surface area contributed by atoms with Crippen molar-refractivity contribution < 1.29 is 13.9 Å². The van der Waals surface area contributed by atoms with Crippen molar-refractivity contribution in [2.24, 2.45) is 4.99 Å². The Kier molecular flexibility index (Phi) is 7.85. The number of hydrogen-bond donors (Lipinski definition) is 1. The molecular weight excluding hydrogens is 318 g/mol. The molecule has 136 valence electrons. The second kappa shape index (κ2) is 10.4. The van der Waals surface area contributed by atoms with Crippen LogP contribution in [0.15, 0.2) is 52.1 Å². The molecule has 25 heavy (non-hydrogen) atoms. The van der Waals surface area contributed by atoms with Gasteiger partial charge < -0.3 is 24.1 Å². The van der Waals surface area contributed by atoms with Crippen LogP contribution >= 0.6 is 0 Å². The van der Waals surface area contributed by atoms with Gasteiger partial charge in [0.1, 0.15) is 11.5 Å². The summed E-state index contributed by atoms with van der Waals surface area (Å²) in [7, 11) is 5.38. The van der Waals surface area contributed by atoms with Gasteiger partial charge in [0, 0.05) is 39.2 Å². The highest BCUT2D eigenvalue weighted by atomic mass is 16.5. The molecule has 0 atom stereocenters. The molecule has 0 aliphatic carbocycles. The summed E-state index contributed by atoms with van der Waals surface area (Å²) in [6.45, 7) is 2.64. The molecule has 1 heterocycles. The molecule has 6 nitrogen and oxygen atoms in total. The molecule has 0 aliphatic rings. The highest BCUT2D eigenvalue weighted by Crippen LogP contribution is 2.18. The minimum absolute atomic E-state index is 0.589. The third-order valence-corrected chi connectivity index (χ3v) is 3.75. The highest BCUT2D eigenvalue weighted by Gasteiger charge is 2.10. The van der Waals surface area contributed by atoms with Crippen molar-refractivity contribution in [1.29, 1.82) is 0 Å². The molecule has 0 unspecified atom stereocenters. The van der Waals surface area contributed by atoms with E-state index >= 15 is 0 Å². The van der Waals surface area contributed by atoms with E-state index < -0.39 is 0 Å². The topological polar surface area (TPSA) is 59.2 Å². The first kappa shape index (κ1) is 18.9. The summed E-state index contributed by atoms with van der Waals surface area (Å²) < 4.78 is 15.9. The Bertz CT molecular complexity index is 641. The van der Waals surface area contributed by atoms with E-state index in [1.807, 2.05) is 37.4 Å². The largest absolute Gasteiger partial charge is 0.496 e. The van der Waals surface area contributed by atoms with Crippen LogP contribution in [0.2, 0.25) is 0 Å². The van der Waals surface area contributed by atoms with Crippen molar-refractivity contribution in [3.05, 3.63) is 54.0 Å². The van der Waals surface area contributed by atoms with Crippen molar-refractivity contribution in [3.63, 3.8) is 0 Å². The number of rotatable bonds is 9. The normalized spacial score (nSPS) is 11.4. The van der Waals surface area contributed by atoms with Gasteiger partial charge in [-0.2, -0.15) is 0 Å². The molecule has 0 aliphatic heterocycles. The van der Waals surface area contributed by atoms with Crippen LogP contribution in [0.1, 0.15) is 11.3 Å². The molecule has 2 aromatic rings. The molecular formula is C19H27N3O3. The van der Waals surface area contributed by atoms with Gasteiger partial charge in [-0.1, -0.05) is 18.2 Å². The standard InChI is InChI=1S/C19H27N3O3/c1-22(15-16-7-4-5-9-18(16)24-3)19(21-12-14-23-2)20-11-10-17-8-6-13-25-17/h4-9,13H,10-12,14-15H2,1-3H3,(H,20,21). The van der Waals surface area contributed by atoms with Gasteiger partial charge in [-0.05, 0) is 18.2 Å². The van der Waals surface area contributed by atoms with Crippen LogP contribution in [0.5, 0.6) is 5.75 Å². The minimum atomic E-state index is 0.589. The van der Waals surface area contributed by atoms with E-state index in [0.29, 0.717) is 19.7 Å². The zero-order valence-corrected chi connectivity index (χ0v) is 15.2. The first-order valence-electron chi connectivity index (χ1n) is 8.37. The number of nitrogens with one attached hydrogen (secondary N) is 1. The quantitative estimate of drug-likeness (QED) is 0.430. The number of furan rings is 1. The Balaban J connectivity index is 1.98. The fraction of sp³-hybridized carbons (Fsp3) is 0.421. The van der Waals surface area contributed by atoms with E-state index in [1.165, 1.54) is 0 Å². The monoisotopic (exact) mass is 345 g/mol. The molecule has 0 amide bonds. The summed E-state index contributed by atoms with van der Waals surface area (Å²) in [4.78, 5) is 6.70. The Morgan fingerprint density at radius 3 is 2.76 bits per heavy atom. The van der Waals surface area contributed by atoms with Crippen LogP contribution in [0.3, 0.4) is 0 Å². The third-order valence-electron chi connectivity index (χ3n) is 3.75. The molecule has 0 saturated carbocycles. The summed E-state index contributed by atoms with van der Waals surface area (Å²) in [5.41, 5.74) is 1.11. The Morgan fingerprint density at radius 2 is 2.04 bits per heavy atom. The van der Waals surface area contributed by atoms with Crippen LogP contribution in [0.25, 0.3) is 0 Å². The second-order valence-electron chi connectivity index (χ2n) is 5.62. The Morgan fingerprint density at radius 1 is 1.20 bits per heavy atom. The van der Waals surface area contributed by atoms with Gasteiger partial charge in [0.15, 0.2) is 5.96 Å². The van der Waals surface area contributed by atoms with Crippen molar-refractivity contribution in [2.45, 2.75) is 13.0 Å². The number of methoxy groups -OCH3 is 2. The van der Waals surface area contributed by atoms with Crippen LogP contribution < -0.4 is 10.1 Å². The van der Waals surface area contributed by atoms with Crippen molar-refractivity contribution in [1.82, 2.24) is 10.2 Å². The average Bonchev–Trinajstić information content (AvgIpc) is 3.14. The predicted octanol–water partition coefficient (Wildman–Crippen LogP) is 2.55. The first-order chi connectivity index (χ1) is 12.2.